The van der Waals surface area contributed by atoms with Gasteiger partial charge in [-0.05, 0) is 25.8 Å². The molecule has 1 aliphatic rings. The number of carbonyl (C=O) groups is 1. The molecule has 1 fully saturated rings. The second-order valence-corrected chi connectivity index (χ2v) is 5.21. The molecular weight excluding hydrogens is 272 g/mol. The molecule has 2 rings (SSSR count). The number of carboxylic acids is 1. The van der Waals surface area contributed by atoms with E-state index in [4.69, 9.17) is 9.47 Å². The number of nitrogens with zero attached hydrogens (tertiary/aromatic N) is 2. The van der Waals surface area contributed by atoms with Gasteiger partial charge in [-0.1, -0.05) is 6.92 Å². The van der Waals surface area contributed by atoms with E-state index < -0.39 is 11.5 Å². The molecule has 1 unspecified atom stereocenters. The summed E-state index contributed by atoms with van der Waals surface area (Å²) in [7, 11) is 3.14. The lowest BCUT2D eigenvalue weighted by atomic mass is 9.93. The van der Waals surface area contributed by atoms with Crippen LogP contribution in [0.3, 0.4) is 0 Å². The summed E-state index contributed by atoms with van der Waals surface area (Å²) in [4.78, 5) is 18.0. The van der Waals surface area contributed by atoms with Crippen molar-refractivity contribution in [1.82, 2.24) is 9.88 Å². The zero-order valence-electron chi connectivity index (χ0n) is 12.8. The van der Waals surface area contributed by atoms with Gasteiger partial charge >= 0.3 is 5.97 Å². The van der Waals surface area contributed by atoms with Gasteiger partial charge in [-0.25, -0.2) is 0 Å². The van der Waals surface area contributed by atoms with E-state index in [0.717, 1.165) is 13.0 Å². The topological polar surface area (TPSA) is 71.9 Å². The number of carboxylic acid groups (broad SMARTS) is 1. The number of methoxy groups -OCH3 is 2. The number of hydrogen-bond acceptors (Lipinski definition) is 5. The minimum Gasteiger partial charge on any atom is -0.493 e. The molecular formula is C15H22N2O4. The average molecular weight is 294 g/mol. The smallest absolute Gasteiger partial charge is 0.324 e. The van der Waals surface area contributed by atoms with E-state index in [-0.39, 0.29) is 0 Å². The molecule has 6 heteroatoms. The Bertz CT molecular complexity index is 520. The highest BCUT2D eigenvalue weighted by molar-refractivity contribution is 5.79. The van der Waals surface area contributed by atoms with Crippen LogP contribution >= 0.6 is 0 Å². The number of likely N-dealkylation sites (tertiary alicyclic amines) is 1. The number of pyridine rings is 1. The first-order valence-electron chi connectivity index (χ1n) is 7.13. The average Bonchev–Trinajstić information content (AvgIpc) is 2.90. The summed E-state index contributed by atoms with van der Waals surface area (Å²) in [5.74, 6) is 0.422. The quantitative estimate of drug-likeness (QED) is 0.864. The van der Waals surface area contributed by atoms with Gasteiger partial charge in [-0.3, -0.25) is 14.7 Å². The third kappa shape index (κ3) is 2.68. The summed E-state index contributed by atoms with van der Waals surface area (Å²) < 4.78 is 10.6. The Morgan fingerprint density at radius 2 is 2.24 bits per heavy atom. The molecule has 1 aromatic heterocycles. The molecule has 0 saturated carbocycles. The van der Waals surface area contributed by atoms with Crippen LogP contribution in [0.4, 0.5) is 0 Å². The number of hydrogen-bond donors (Lipinski definition) is 1. The maximum absolute atomic E-state index is 11.7. The summed E-state index contributed by atoms with van der Waals surface area (Å²) in [6, 6.07) is 1.73. The minimum absolute atomic E-state index is 0.445. The normalized spacial score (nSPS) is 22.2. The monoisotopic (exact) mass is 294 g/mol. The van der Waals surface area contributed by atoms with Gasteiger partial charge in [0, 0.05) is 18.8 Å². The van der Waals surface area contributed by atoms with Crippen LogP contribution in [0.25, 0.3) is 0 Å². The van der Waals surface area contributed by atoms with Gasteiger partial charge in [-0.15, -0.1) is 0 Å². The molecule has 0 amide bonds. The van der Waals surface area contributed by atoms with Crippen molar-refractivity contribution in [2.75, 3.05) is 20.8 Å². The lowest BCUT2D eigenvalue weighted by Crippen LogP contribution is -2.49. The first-order valence-corrected chi connectivity index (χ1v) is 7.13. The van der Waals surface area contributed by atoms with Gasteiger partial charge < -0.3 is 14.6 Å². The van der Waals surface area contributed by atoms with Crippen molar-refractivity contribution in [2.24, 2.45) is 0 Å². The largest absolute Gasteiger partial charge is 0.493 e. The second kappa shape index (κ2) is 6.30. The molecule has 1 N–H and O–H groups in total. The highest BCUT2D eigenvalue weighted by Crippen LogP contribution is 2.36. The SMILES string of the molecule is CCC1(C(=O)O)CCCN1Cc1nccc(OC)c1OC. The van der Waals surface area contributed by atoms with Gasteiger partial charge in [0.05, 0.1) is 14.2 Å². The van der Waals surface area contributed by atoms with Crippen LogP contribution in [0, 0.1) is 0 Å². The van der Waals surface area contributed by atoms with E-state index in [2.05, 4.69) is 4.98 Å². The van der Waals surface area contributed by atoms with E-state index in [0.29, 0.717) is 36.6 Å². The molecule has 0 radical (unpaired) electrons. The van der Waals surface area contributed by atoms with E-state index in [1.54, 1.807) is 26.5 Å². The first kappa shape index (κ1) is 15.6. The molecule has 1 saturated heterocycles. The van der Waals surface area contributed by atoms with Crippen molar-refractivity contribution in [1.29, 1.82) is 0 Å². The van der Waals surface area contributed by atoms with Crippen LogP contribution in [-0.4, -0.2) is 47.3 Å². The fourth-order valence-corrected chi connectivity index (χ4v) is 3.10. The molecule has 1 aromatic rings. The van der Waals surface area contributed by atoms with Gasteiger partial charge in [0.2, 0.25) is 0 Å². The van der Waals surface area contributed by atoms with Gasteiger partial charge in [0.1, 0.15) is 11.2 Å². The van der Waals surface area contributed by atoms with Gasteiger partial charge in [0.25, 0.3) is 0 Å². The Kier molecular flexibility index (Phi) is 4.67. The van der Waals surface area contributed by atoms with Crippen molar-refractivity contribution in [3.05, 3.63) is 18.0 Å². The van der Waals surface area contributed by atoms with E-state index in [9.17, 15) is 9.90 Å². The van der Waals surface area contributed by atoms with Crippen molar-refractivity contribution in [2.45, 2.75) is 38.3 Å². The molecule has 116 valence electrons. The molecule has 21 heavy (non-hydrogen) atoms. The lowest BCUT2D eigenvalue weighted by molar-refractivity contribution is -0.150. The Morgan fingerprint density at radius 3 is 2.81 bits per heavy atom. The molecule has 0 bridgehead atoms. The number of aromatic nitrogens is 1. The molecule has 1 atom stereocenters. The summed E-state index contributed by atoms with van der Waals surface area (Å²) in [6.07, 6.45) is 3.79. The van der Waals surface area contributed by atoms with Crippen LogP contribution in [-0.2, 0) is 11.3 Å². The van der Waals surface area contributed by atoms with Crippen LogP contribution in [0.2, 0.25) is 0 Å². The maximum Gasteiger partial charge on any atom is 0.324 e. The third-order valence-corrected chi connectivity index (χ3v) is 4.31. The molecule has 6 nitrogen and oxygen atoms in total. The van der Waals surface area contributed by atoms with E-state index >= 15 is 0 Å². The number of aliphatic carboxylic acids is 1. The fourth-order valence-electron chi connectivity index (χ4n) is 3.10. The predicted molar refractivity (Wildman–Crippen MR) is 77.6 cm³/mol. The molecule has 0 aliphatic carbocycles. The first-order chi connectivity index (χ1) is 10.1. The highest BCUT2D eigenvalue weighted by atomic mass is 16.5. The van der Waals surface area contributed by atoms with Crippen molar-refractivity contribution >= 4 is 5.97 Å². The molecule has 1 aliphatic heterocycles. The molecule has 2 heterocycles. The van der Waals surface area contributed by atoms with Crippen molar-refractivity contribution in [3.63, 3.8) is 0 Å². The van der Waals surface area contributed by atoms with Crippen LogP contribution < -0.4 is 9.47 Å². The van der Waals surface area contributed by atoms with Crippen LogP contribution in [0.15, 0.2) is 12.3 Å². The Labute approximate surface area is 124 Å². The molecule has 0 spiro atoms. The second-order valence-electron chi connectivity index (χ2n) is 5.21. The summed E-state index contributed by atoms with van der Waals surface area (Å²) in [5.41, 5.74) is -0.0895. The zero-order valence-corrected chi connectivity index (χ0v) is 12.8. The van der Waals surface area contributed by atoms with Gasteiger partial charge in [0.15, 0.2) is 11.5 Å². The summed E-state index contributed by atoms with van der Waals surface area (Å²) >= 11 is 0. The maximum atomic E-state index is 11.7. The predicted octanol–water partition coefficient (Wildman–Crippen LogP) is 1.93. The van der Waals surface area contributed by atoms with Crippen LogP contribution in [0.5, 0.6) is 11.5 Å². The van der Waals surface area contributed by atoms with Crippen molar-refractivity contribution in [3.8, 4) is 11.5 Å². The van der Waals surface area contributed by atoms with E-state index in [1.165, 1.54) is 0 Å². The lowest BCUT2D eigenvalue weighted by Gasteiger charge is -2.33. The van der Waals surface area contributed by atoms with Crippen LogP contribution in [0.1, 0.15) is 31.9 Å². The minimum atomic E-state index is -0.796. The molecule has 0 aromatic carbocycles. The Balaban J connectivity index is 2.31. The standard InChI is InChI=1S/C15H22N2O4/c1-4-15(14(18)19)7-5-9-17(15)10-11-13(21-3)12(20-2)6-8-16-11/h6,8H,4-5,7,9-10H2,1-3H3,(H,18,19). The Morgan fingerprint density at radius 1 is 1.48 bits per heavy atom. The highest BCUT2D eigenvalue weighted by Gasteiger charge is 2.46. The number of rotatable bonds is 6. The number of ether oxygens (including phenoxy) is 2. The Hall–Kier alpha value is -1.82. The summed E-state index contributed by atoms with van der Waals surface area (Å²) in [5, 5.41) is 9.62. The third-order valence-electron chi connectivity index (χ3n) is 4.31. The van der Waals surface area contributed by atoms with Crippen molar-refractivity contribution < 1.29 is 19.4 Å². The zero-order chi connectivity index (χ0) is 15.5. The fraction of sp³-hybridized carbons (Fsp3) is 0.600. The summed E-state index contributed by atoms with van der Waals surface area (Å²) in [6.45, 7) is 3.12. The van der Waals surface area contributed by atoms with E-state index in [1.807, 2.05) is 11.8 Å². The van der Waals surface area contributed by atoms with Gasteiger partial charge in [-0.2, -0.15) is 0 Å².